The highest BCUT2D eigenvalue weighted by Gasteiger charge is 2.11. The summed E-state index contributed by atoms with van der Waals surface area (Å²) in [6.45, 7) is 2.11. The van der Waals surface area contributed by atoms with E-state index in [2.05, 4.69) is 12.2 Å². The summed E-state index contributed by atoms with van der Waals surface area (Å²) in [5, 5.41) is 12.2. The number of nitrogens with one attached hydrogen (secondary N) is 1. The second-order valence-electron chi connectivity index (χ2n) is 4.54. The van der Waals surface area contributed by atoms with E-state index in [0.717, 1.165) is 24.2 Å². The fourth-order valence-electron chi connectivity index (χ4n) is 1.74. The van der Waals surface area contributed by atoms with Crippen LogP contribution in [0.15, 0.2) is 30.3 Å². The van der Waals surface area contributed by atoms with Gasteiger partial charge in [-0.15, -0.1) is 0 Å². The summed E-state index contributed by atoms with van der Waals surface area (Å²) >= 11 is 1.65. The highest BCUT2D eigenvalue weighted by molar-refractivity contribution is 7.99. The maximum atomic E-state index is 11.7. The van der Waals surface area contributed by atoms with E-state index < -0.39 is 0 Å². The van der Waals surface area contributed by atoms with Gasteiger partial charge in [-0.05, 0) is 24.2 Å². The molecule has 1 atom stereocenters. The molecule has 0 aliphatic rings. The Labute approximate surface area is 119 Å². The predicted molar refractivity (Wildman–Crippen MR) is 81.4 cm³/mol. The van der Waals surface area contributed by atoms with E-state index in [1.807, 2.05) is 30.3 Å². The minimum absolute atomic E-state index is 0.0103. The quantitative estimate of drug-likeness (QED) is 0.683. The predicted octanol–water partition coefficient (Wildman–Crippen LogP) is 2.24. The second-order valence-corrected chi connectivity index (χ2v) is 5.65. The van der Waals surface area contributed by atoms with E-state index in [-0.39, 0.29) is 18.6 Å². The van der Waals surface area contributed by atoms with E-state index in [1.165, 1.54) is 0 Å². The lowest BCUT2D eigenvalue weighted by molar-refractivity contribution is -0.119. The number of hydrogen-bond acceptors (Lipinski definition) is 3. The van der Waals surface area contributed by atoms with Crippen LogP contribution in [0.25, 0.3) is 0 Å². The zero-order valence-corrected chi connectivity index (χ0v) is 12.3. The monoisotopic (exact) mass is 281 g/mol. The van der Waals surface area contributed by atoms with E-state index in [1.54, 1.807) is 11.8 Å². The molecule has 0 saturated heterocycles. The lowest BCUT2D eigenvalue weighted by atomic mass is 10.1. The Morgan fingerprint density at radius 3 is 2.74 bits per heavy atom. The van der Waals surface area contributed by atoms with Gasteiger partial charge in [-0.2, -0.15) is 11.8 Å². The van der Waals surface area contributed by atoms with E-state index >= 15 is 0 Å². The third kappa shape index (κ3) is 7.23. The van der Waals surface area contributed by atoms with Crippen LogP contribution in [0, 0.1) is 0 Å². The van der Waals surface area contributed by atoms with Crippen LogP contribution >= 0.6 is 11.8 Å². The molecule has 0 fully saturated rings. The van der Waals surface area contributed by atoms with Crippen molar-refractivity contribution >= 4 is 17.7 Å². The largest absolute Gasteiger partial charge is 0.394 e. The maximum absolute atomic E-state index is 11.7. The fraction of sp³-hybridized carbons (Fsp3) is 0.533. The molecule has 3 nitrogen and oxygen atoms in total. The Bertz CT molecular complexity index is 356. The summed E-state index contributed by atoms with van der Waals surface area (Å²) in [6.07, 6.45) is 2.97. The fourth-order valence-corrected chi connectivity index (χ4v) is 2.65. The summed E-state index contributed by atoms with van der Waals surface area (Å²) in [4.78, 5) is 11.7. The van der Waals surface area contributed by atoms with Crippen LogP contribution in [0.2, 0.25) is 0 Å². The molecule has 0 aliphatic heterocycles. The number of rotatable bonds is 9. The minimum atomic E-state index is -0.193. The summed E-state index contributed by atoms with van der Waals surface area (Å²) < 4.78 is 0. The lowest BCUT2D eigenvalue weighted by Gasteiger charge is -2.16. The first kappa shape index (κ1) is 16.1. The Morgan fingerprint density at radius 1 is 1.37 bits per heavy atom. The van der Waals surface area contributed by atoms with Gasteiger partial charge in [0.2, 0.25) is 5.91 Å². The number of carbonyl (C=O) groups is 1. The third-order valence-electron chi connectivity index (χ3n) is 2.79. The number of carbonyl (C=O) groups excluding carboxylic acids is 1. The van der Waals surface area contributed by atoms with Gasteiger partial charge >= 0.3 is 0 Å². The van der Waals surface area contributed by atoms with Crippen molar-refractivity contribution in [3.05, 3.63) is 35.9 Å². The molecule has 2 N–H and O–H groups in total. The molecule has 0 saturated carbocycles. The highest BCUT2D eigenvalue weighted by Crippen LogP contribution is 2.06. The van der Waals surface area contributed by atoms with Crippen molar-refractivity contribution in [1.82, 2.24) is 5.32 Å². The number of aliphatic hydroxyl groups is 1. The Balaban J connectivity index is 2.29. The molecule has 0 radical (unpaired) electrons. The first-order valence-corrected chi connectivity index (χ1v) is 7.93. The Morgan fingerprint density at radius 2 is 2.11 bits per heavy atom. The molecule has 106 valence electrons. The Kier molecular flexibility index (Phi) is 8.34. The molecule has 19 heavy (non-hydrogen) atoms. The molecule has 4 heteroatoms. The van der Waals surface area contributed by atoms with Gasteiger partial charge in [0, 0.05) is 0 Å². The molecule has 1 rings (SSSR count). The van der Waals surface area contributed by atoms with Gasteiger partial charge < -0.3 is 10.4 Å². The van der Waals surface area contributed by atoms with Crippen LogP contribution in [0.5, 0.6) is 0 Å². The first-order chi connectivity index (χ1) is 9.26. The third-order valence-corrected chi connectivity index (χ3v) is 3.83. The van der Waals surface area contributed by atoms with Gasteiger partial charge in [-0.3, -0.25) is 4.79 Å². The average molecular weight is 281 g/mol. The van der Waals surface area contributed by atoms with Crippen molar-refractivity contribution in [2.24, 2.45) is 0 Å². The molecule has 0 heterocycles. The standard InChI is InChI=1S/C15H23NO2S/c1-2-3-9-19-12-15(18)16-14(11-17)10-13-7-5-4-6-8-13/h4-8,14,17H,2-3,9-12H2,1H3,(H,16,18)/t14-/m1/s1. The normalized spacial score (nSPS) is 12.1. The molecule has 1 aromatic carbocycles. The molecular formula is C15H23NO2S. The van der Waals surface area contributed by atoms with Gasteiger partial charge in [0.25, 0.3) is 0 Å². The van der Waals surface area contributed by atoms with E-state index in [9.17, 15) is 9.90 Å². The summed E-state index contributed by atoms with van der Waals surface area (Å²) in [7, 11) is 0. The van der Waals surface area contributed by atoms with Crippen molar-refractivity contribution in [3.8, 4) is 0 Å². The van der Waals surface area contributed by atoms with Crippen LogP contribution in [0.1, 0.15) is 25.3 Å². The summed E-state index contributed by atoms with van der Waals surface area (Å²) in [5.74, 6) is 1.51. The summed E-state index contributed by atoms with van der Waals surface area (Å²) in [6, 6.07) is 9.70. The number of hydrogen-bond donors (Lipinski definition) is 2. The molecule has 0 bridgehead atoms. The van der Waals surface area contributed by atoms with Crippen LogP contribution in [-0.2, 0) is 11.2 Å². The summed E-state index contributed by atoms with van der Waals surface area (Å²) in [5.41, 5.74) is 1.13. The van der Waals surface area contributed by atoms with Crippen molar-refractivity contribution in [1.29, 1.82) is 0 Å². The number of benzene rings is 1. The molecule has 1 amide bonds. The Hall–Kier alpha value is -1.00. The smallest absolute Gasteiger partial charge is 0.230 e. The van der Waals surface area contributed by atoms with Crippen LogP contribution in [-0.4, -0.2) is 35.2 Å². The van der Waals surface area contributed by atoms with Crippen LogP contribution in [0.3, 0.4) is 0 Å². The molecule has 0 aromatic heterocycles. The highest BCUT2D eigenvalue weighted by atomic mass is 32.2. The van der Waals surface area contributed by atoms with E-state index in [4.69, 9.17) is 0 Å². The molecule has 0 aliphatic carbocycles. The number of unbranched alkanes of at least 4 members (excludes halogenated alkanes) is 1. The topological polar surface area (TPSA) is 49.3 Å². The number of aliphatic hydroxyl groups excluding tert-OH is 1. The molecular weight excluding hydrogens is 258 g/mol. The lowest BCUT2D eigenvalue weighted by Crippen LogP contribution is -2.40. The average Bonchev–Trinajstić information content (AvgIpc) is 2.44. The number of thioether (sulfide) groups is 1. The van der Waals surface area contributed by atoms with Crippen LogP contribution < -0.4 is 5.32 Å². The van der Waals surface area contributed by atoms with Crippen molar-refractivity contribution in [2.75, 3.05) is 18.1 Å². The first-order valence-electron chi connectivity index (χ1n) is 6.78. The zero-order chi connectivity index (χ0) is 13.9. The minimum Gasteiger partial charge on any atom is -0.394 e. The number of amides is 1. The van der Waals surface area contributed by atoms with Gasteiger partial charge in [0.15, 0.2) is 0 Å². The van der Waals surface area contributed by atoms with Gasteiger partial charge in [-0.25, -0.2) is 0 Å². The van der Waals surface area contributed by atoms with Crippen molar-refractivity contribution < 1.29 is 9.90 Å². The second kappa shape index (κ2) is 9.87. The van der Waals surface area contributed by atoms with E-state index in [0.29, 0.717) is 12.2 Å². The molecule has 0 spiro atoms. The SMILES string of the molecule is CCCCSCC(=O)N[C@@H](CO)Cc1ccccc1. The molecule has 1 aromatic rings. The van der Waals surface area contributed by atoms with Crippen molar-refractivity contribution in [2.45, 2.75) is 32.2 Å². The van der Waals surface area contributed by atoms with Gasteiger partial charge in [0.05, 0.1) is 18.4 Å². The maximum Gasteiger partial charge on any atom is 0.230 e. The molecule has 0 unspecified atom stereocenters. The van der Waals surface area contributed by atoms with Crippen molar-refractivity contribution in [3.63, 3.8) is 0 Å². The van der Waals surface area contributed by atoms with Gasteiger partial charge in [-0.1, -0.05) is 43.7 Å². The van der Waals surface area contributed by atoms with Crippen LogP contribution in [0.4, 0.5) is 0 Å². The zero-order valence-electron chi connectivity index (χ0n) is 11.5. The van der Waals surface area contributed by atoms with Gasteiger partial charge in [0.1, 0.15) is 0 Å².